The van der Waals surface area contributed by atoms with E-state index >= 15 is 0 Å². The number of carbonyl (C=O) groups excluding carboxylic acids is 2. The van der Waals surface area contributed by atoms with Crippen LogP contribution < -0.4 is 10.1 Å². The second-order valence-electron chi connectivity index (χ2n) is 8.19. The Balaban J connectivity index is 1.34. The second-order valence-corrected chi connectivity index (χ2v) is 9.66. The highest BCUT2D eigenvalue weighted by Crippen LogP contribution is 2.35. The molecule has 0 aliphatic carbocycles. The van der Waals surface area contributed by atoms with Gasteiger partial charge in [-0.05, 0) is 25.1 Å². The molecule has 0 radical (unpaired) electrons. The SMILES string of the molecule is COc1cnc(Cl)cc1-c1cc(C)ncc1C(=O)Nc1nc2c(s1)CN(C(=O)c1nccc(C(F)F)n1)C2. The molecule has 5 rings (SSSR count). The van der Waals surface area contributed by atoms with Crippen molar-refractivity contribution in [2.75, 3.05) is 12.4 Å². The number of pyridine rings is 2. The number of carbonyl (C=O) groups is 2. The molecular formula is C24H18ClF2N7O3S. The van der Waals surface area contributed by atoms with Crippen LogP contribution in [0.15, 0.2) is 36.8 Å². The highest BCUT2D eigenvalue weighted by molar-refractivity contribution is 7.16. The number of thiazole rings is 1. The van der Waals surface area contributed by atoms with Crippen LogP contribution in [-0.2, 0) is 13.1 Å². The van der Waals surface area contributed by atoms with E-state index in [1.54, 1.807) is 19.1 Å². The van der Waals surface area contributed by atoms with Crippen molar-refractivity contribution in [1.82, 2.24) is 29.8 Å². The highest BCUT2D eigenvalue weighted by atomic mass is 35.5. The summed E-state index contributed by atoms with van der Waals surface area (Å²) in [5.41, 5.74) is 2.18. The number of methoxy groups -OCH3 is 1. The molecule has 0 aromatic carbocycles. The van der Waals surface area contributed by atoms with E-state index in [1.165, 1.54) is 35.7 Å². The summed E-state index contributed by atoms with van der Waals surface area (Å²) < 4.78 is 31.3. The molecule has 1 aliphatic heterocycles. The third kappa shape index (κ3) is 5.02. The van der Waals surface area contributed by atoms with Crippen LogP contribution in [-0.4, -0.2) is 48.7 Å². The van der Waals surface area contributed by atoms with Crippen molar-refractivity contribution in [3.8, 4) is 16.9 Å². The van der Waals surface area contributed by atoms with E-state index in [4.69, 9.17) is 16.3 Å². The maximum Gasteiger partial charge on any atom is 0.292 e. The van der Waals surface area contributed by atoms with Gasteiger partial charge < -0.3 is 9.64 Å². The lowest BCUT2D eigenvalue weighted by Crippen LogP contribution is -2.27. The lowest BCUT2D eigenvalue weighted by atomic mass is 10.0. The van der Waals surface area contributed by atoms with Crippen LogP contribution in [0.1, 0.15) is 49.4 Å². The first-order valence-corrected chi connectivity index (χ1v) is 12.3. The zero-order valence-corrected chi connectivity index (χ0v) is 21.5. The standard InChI is InChI=1S/C24H18ClF2N7O3S/c1-11-5-12(13-6-19(25)30-8-17(13)37-2)14(7-29-11)22(35)33-24-32-16-9-34(10-18(16)38-24)23(36)21-28-4-3-15(31-21)20(26)27/h3-8,20H,9-10H2,1-2H3,(H,32,33,35). The van der Waals surface area contributed by atoms with Crippen molar-refractivity contribution in [2.24, 2.45) is 0 Å². The van der Waals surface area contributed by atoms with Crippen LogP contribution in [0, 0.1) is 6.92 Å². The van der Waals surface area contributed by atoms with E-state index < -0.39 is 23.9 Å². The summed E-state index contributed by atoms with van der Waals surface area (Å²) in [5.74, 6) is -0.892. The van der Waals surface area contributed by atoms with Crippen molar-refractivity contribution in [1.29, 1.82) is 0 Å². The number of aromatic nitrogens is 5. The molecule has 38 heavy (non-hydrogen) atoms. The van der Waals surface area contributed by atoms with Gasteiger partial charge in [0.2, 0.25) is 5.82 Å². The third-order valence-electron chi connectivity index (χ3n) is 5.68. The molecule has 1 aliphatic rings. The first-order chi connectivity index (χ1) is 18.2. The molecule has 0 saturated heterocycles. The van der Waals surface area contributed by atoms with Crippen LogP contribution in [0.3, 0.4) is 0 Å². The summed E-state index contributed by atoms with van der Waals surface area (Å²) >= 11 is 7.31. The monoisotopic (exact) mass is 557 g/mol. The molecule has 194 valence electrons. The number of hydrogen-bond donors (Lipinski definition) is 1. The van der Waals surface area contributed by atoms with Gasteiger partial charge in [0.1, 0.15) is 16.6 Å². The minimum atomic E-state index is -2.81. The number of halogens is 3. The molecule has 0 spiro atoms. The van der Waals surface area contributed by atoms with Gasteiger partial charge in [0.05, 0.1) is 42.5 Å². The van der Waals surface area contributed by atoms with Gasteiger partial charge in [0.25, 0.3) is 18.2 Å². The molecule has 2 amide bonds. The molecule has 4 aromatic rings. The summed E-state index contributed by atoms with van der Waals surface area (Å²) in [4.78, 5) is 48.4. The van der Waals surface area contributed by atoms with Crippen LogP contribution in [0.4, 0.5) is 13.9 Å². The average molecular weight is 558 g/mol. The Kier molecular flexibility index (Phi) is 6.95. The van der Waals surface area contributed by atoms with Gasteiger partial charge in [-0.2, -0.15) is 0 Å². The van der Waals surface area contributed by atoms with Gasteiger partial charge in [-0.3, -0.25) is 19.9 Å². The van der Waals surface area contributed by atoms with E-state index in [1.807, 2.05) is 0 Å². The van der Waals surface area contributed by atoms with Gasteiger partial charge in [-0.25, -0.2) is 28.7 Å². The fraction of sp³-hybridized carbons (Fsp3) is 0.208. The Morgan fingerprint density at radius 3 is 2.68 bits per heavy atom. The maximum atomic E-state index is 13.3. The Bertz CT molecular complexity index is 1540. The molecular weight excluding hydrogens is 540 g/mol. The zero-order valence-electron chi connectivity index (χ0n) is 19.9. The molecule has 0 bridgehead atoms. The number of alkyl halides is 2. The Morgan fingerprint density at radius 2 is 1.95 bits per heavy atom. The van der Waals surface area contributed by atoms with Crippen molar-refractivity contribution < 1.29 is 23.1 Å². The van der Waals surface area contributed by atoms with E-state index in [0.717, 1.165) is 17.1 Å². The summed E-state index contributed by atoms with van der Waals surface area (Å²) in [6.07, 6.45) is 1.26. The number of amides is 2. The van der Waals surface area contributed by atoms with Crippen molar-refractivity contribution in [3.63, 3.8) is 0 Å². The van der Waals surface area contributed by atoms with Crippen molar-refractivity contribution >= 4 is 39.9 Å². The topological polar surface area (TPSA) is 123 Å². The summed E-state index contributed by atoms with van der Waals surface area (Å²) in [5, 5.41) is 3.37. The van der Waals surface area contributed by atoms with Crippen LogP contribution in [0.5, 0.6) is 5.75 Å². The third-order valence-corrected chi connectivity index (χ3v) is 6.89. The van der Waals surface area contributed by atoms with Gasteiger partial charge in [-0.15, -0.1) is 0 Å². The fourth-order valence-electron chi connectivity index (χ4n) is 3.89. The molecule has 5 heterocycles. The number of fused-ring (bicyclic) bond motifs is 1. The molecule has 0 saturated carbocycles. The lowest BCUT2D eigenvalue weighted by Gasteiger charge is -2.15. The number of anilines is 1. The largest absolute Gasteiger partial charge is 0.494 e. The number of rotatable bonds is 6. The van der Waals surface area contributed by atoms with Crippen molar-refractivity contribution in [2.45, 2.75) is 26.4 Å². The Labute approximate surface area is 223 Å². The summed E-state index contributed by atoms with van der Waals surface area (Å²) in [7, 11) is 1.50. The van der Waals surface area contributed by atoms with Crippen LogP contribution >= 0.6 is 22.9 Å². The smallest absolute Gasteiger partial charge is 0.292 e. The van der Waals surface area contributed by atoms with Crippen molar-refractivity contribution in [3.05, 3.63) is 75.3 Å². The van der Waals surface area contributed by atoms with Crippen LogP contribution in [0.25, 0.3) is 11.1 Å². The minimum absolute atomic E-state index is 0.132. The maximum absolute atomic E-state index is 13.3. The van der Waals surface area contributed by atoms with Gasteiger partial charge in [0, 0.05) is 29.2 Å². The highest BCUT2D eigenvalue weighted by Gasteiger charge is 2.30. The molecule has 0 atom stereocenters. The minimum Gasteiger partial charge on any atom is -0.494 e. The summed E-state index contributed by atoms with van der Waals surface area (Å²) in [6.45, 7) is 2.12. The molecule has 0 unspecified atom stereocenters. The molecule has 1 N–H and O–H groups in total. The predicted molar refractivity (Wildman–Crippen MR) is 134 cm³/mol. The molecule has 4 aromatic heterocycles. The Hall–Kier alpha value is -4.10. The van der Waals surface area contributed by atoms with Gasteiger partial charge >= 0.3 is 0 Å². The summed E-state index contributed by atoms with van der Waals surface area (Å²) in [6, 6.07) is 4.42. The quantitative estimate of drug-likeness (QED) is 0.338. The molecule has 14 heteroatoms. The Morgan fingerprint density at radius 1 is 1.13 bits per heavy atom. The number of nitrogens with one attached hydrogen (secondary N) is 1. The van der Waals surface area contributed by atoms with E-state index in [-0.39, 0.29) is 29.6 Å². The number of nitrogens with zero attached hydrogens (tertiary/aromatic N) is 6. The second kappa shape index (κ2) is 10.3. The van der Waals surface area contributed by atoms with E-state index in [2.05, 4.69) is 30.2 Å². The normalized spacial score (nSPS) is 12.5. The number of ether oxygens (including phenoxy) is 1. The molecule has 10 nitrogen and oxygen atoms in total. The lowest BCUT2D eigenvalue weighted by molar-refractivity contribution is 0.0736. The molecule has 0 fully saturated rings. The average Bonchev–Trinajstić information content (AvgIpc) is 3.47. The predicted octanol–water partition coefficient (Wildman–Crippen LogP) is 4.71. The fourth-order valence-corrected chi connectivity index (χ4v) is 5.03. The first kappa shape index (κ1) is 25.5. The van der Waals surface area contributed by atoms with Gasteiger partial charge in [-0.1, -0.05) is 22.9 Å². The van der Waals surface area contributed by atoms with E-state index in [0.29, 0.717) is 33.4 Å². The number of hydrogen-bond acceptors (Lipinski definition) is 9. The number of aryl methyl sites for hydroxylation is 1. The van der Waals surface area contributed by atoms with Crippen LogP contribution in [0.2, 0.25) is 5.15 Å². The van der Waals surface area contributed by atoms with E-state index in [9.17, 15) is 18.4 Å². The first-order valence-electron chi connectivity index (χ1n) is 11.1. The van der Waals surface area contributed by atoms with Gasteiger partial charge in [0.15, 0.2) is 5.13 Å². The zero-order chi connectivity index (χ0) is 27.0.